The molecule has 44 heavy (non-hydrogen) atoms. The number of methoxy groups -OCH3 is 2. The summed E-state index contributed by atoms with van der Waals surface area (Å²) >= 11 is 6.11. The normalized spacial score (nSPS) is 13.1. The molecular weight excluding hydrogens is 588 g/mol. The first-order valence-electron chi connectivity index (χ1n) is 13.9. The number of benzene rings is 2. The molecule has 0 radical (unpaired) electrons. The van der Waals surface area contributed by atoms with E-state index < -0.39 is 0 Å². The van der Waals surface area contributed by atoms with E-state index in [9.17, 15) is 0 Å². The summed E-state index contributed by atoms with van der Waals surface area (Å²) in [5, 5.41) is 16.8. The number of halogens is 1. The van der Waals surface area contributed by atoms with E-state index >= 15 is 0 Å². The van der Waals surface area contributed by atoms with Crippen LogP contribution in [0.25, 0.3) is 10.9 Å². The molecule has 1 fully saturated rings. The number of nitrogens with zero attached hydrogens (tertiary/aromatic N) is 8. The standard InChI is InChI=1S/C29H31ClN10O4/c1-41-22-14-20(15-23(16-22)42-2)33-27-34-28(39-9-11-43-12-10-39)36-29(35-27)44-18-21-17-40(38-37-21)8-7-32-25-5-6-31-26-13-19(30)3-4-24(25)26/h3-6,13-17H,7-12,18H2,1-2H3,(H,31,32)(H,33,34,35,36). The van der Waals surface area contributed by atoms with Crippen LogP contribution in [0.2, 0.25) is 5.02 Å². The molecule has 1 aliphatic rings. The van der Waals surface area contributed by atoms with Crippen LogP contribution in [0.3, 0.4) is 0 Å². The van der Waals surface area contributed by atoms with E-state index in [0.29, 0.717) is 79.2 Å². The third kappa shape index (κ3) is 7.15. The molecule has 0 aliphatic carbocycles. The SMILES string of the molecule is COc1cc(Nc2nc(OCc3cn(CCNc4ccnc5cc(Cl)ccc45)nn3)nc(N3CCOCC3)n2)cc(OC)c1. The van der Waals surface area contributed by atoms with E-state index in [0.717, 1.165) is 16.6 Å². The van der Waals surface area contributed by atoms with Gasteiger partial charge in [-0.3, -0.25) is 9.67 Å². The zero-order valence-corrected chi connectivity index (χ0v) is 25.0. The topological polar surface area (TPSA) is 146 Å². The molecule has 0 saturated carbocycles. The van der Waals surface area contributed by atoms with Crippen LogP contribution < -0.4 is 29.7 Å². The van der Waals surface area contributed by atoms with Gasteiger partial charge in [-0.1, -0.05) is 16.8 Å². The summed E-state index contributed by atoms with van der Waals surface area (Å²) in [7, 11) is 3.19. The molecule has 2 N–H and O–H groups in total. The van der Waals surface area contributed by atoms with Crippen LogP contribution >= 0.6 is 11.6 Å². The van der Waals surface area contributed by atoms with Gasteiger partial charge in [0.15, 0.2) is 0 Å². The number of rotatable bonds is 12. The van der Waals surface area contributed by atoms with Gasteiger partial charge in [0.25, 0.3) is 0 Å². The summed E-state index contributed by atoms with van der Waals surface area (Å²) in [4.78, 5) is 20.1. The largest absolute Gasteiger partial charge is 0.497 e. The summed E-state index contributed by atoms with van der Waals surface area (Å²) in [6.07, 6.45) is 3.59. The van der Waals surface area contributed by atoms with Crippen LogP contribution in [0.5, 0.6) is 17.5 Å². The highest BCUT2D eigenvalue weighted by molar-refractivity contribution is 6.31. The highest BCUT2D eigenvalue weighted by Gasteiger charge is 2.18. The highest BCUT2D eigenvalue weighted by Crippen LogP contribution is 2.28. The fourth-order valence-electron chi connectivity index (χ4n) is 4.61. The second kappa shape index (κ2) is 13.6. The van der Waals surface area contributed by atoms with Gasteiger partial charge in [0, 0.05) is 65.8 Å². The molecule has 0 unspecified atom stereocenters. The van der Waals surface area contributed by atoms with Gasteiger partial charge in [-0.05, 0) is 24.3 Å². The van der Waals surface area contributed by atoms with Gasteiger partial charge < -0.3 is 34.5 Å². The first-order chi connectivity index (χ1) is 21.6. The lowest BCUT2D eigenvalue weighted by atomic mass is 10.2. The average Bonchev–Trinajstić information content (AvgIpc) is 3.51. The van der Waals surface area contributed by atoms with Crippen LogP contribution in [0.1, 0.15) is 5.69 Å². The Morgan fingerprint density at radius 3 is 2.59 bits per heavy atom. The maximum Gasteiger partial charge on any atom is 0.323 e. The number of fused-ring (bicyclic) bond motifs is 1. The molecule has 5 aromatic rings. The van der Waals surface area contributed by atoms with Gasteiger partial charge in [-0.2, -0.15) is 15.0 Å². The van der Waals surface area contributed by atoms with Crippen molar-refractivity contribution in [1.29, 1.82) is 0 Å². The number of aromatic nitrogens is 7. The van der Waals surface area contributed by atoms with Gasteiger partial charge in [0.1, 0.15) is 23.8 Å². The monoisotopic (exact) mass is 618 g/mol. The minimum Gasteiger partial charge on any atom is -0.497 e. The third-order valence-electron chi connectivity index (χ3n) is 6.80. The Kier molecular flexibility index (Phi) is 8.98. The fourth-order valence-corrected chi connectivity index (χ4v) is 4.78. The van der Waals surface area contributed by atoms with Crippen molar-refractivity contribution in [2.45, 2.75) is 13.2 Å². The Bertz CT molecular complexity index is 1710. The lowest BCUT2D eigenvalue weighted by molar-refractivity contribution is 0.122. The Balaban J connectivity index is 1.12. The molecule has 6 rings (SSSR count). The first kappa shape index (κ1) is 29.1. The smallest absolute Gasteiger partial charge is 0.323 e. The van der Waals surface area contributed by atoms with Gasteiger partial charge >= 0.3 is 6.01 Å². The summed E-state index contributed by atoms with van der Waals surface area (Å²) in [6, 6.07) is 13.2. The van der Waals surface area contributed by atoms with Gasteiger partial charge in [-0.15, -0.1) is 5.10 Å². The number of nitrogens with one attached hydrogen (secondary N) is 2. The molecule has 4 heterocycles. The average molecular weight is 619 g/mol. The zero-order valence-electron chi connectivity index (χ0n) is 24.2. The maximum absolute atomic E-state index is 6.11. The molecule has 3 aromatic heterocycles. The Morgan fingerprint density at radius 2 is 1.80 bits per heavy atom. The van der Waals surface area contributed by atoms with Crippen molar-refractivity contribution in [2.24, 2.45) is 0 Å². The number of morpholine rings is 1. The number of hydrogen-bond acceptors (Lipinski definition) is 13. The van der Waals surface area contributed by atoms with Crippen molar-refractivity contribution in [3.05, 3.63) is 65.6 Å². The Labute approximate surface area is 258 Å². The number of hydrogen-bond donors (Lipinski definition) is 2. The number of ether oxygens (including phenoxy) is 4. The van der Waals surface area contributed by atoms with E-state index in [1.54, 1.807) is 31.2 Å². The van der Waals surface area contributed by atoms with E-state index in [1.807, 2.05) is 47.5 Å². The predicted molar refractivity (Wildman–Crippen MR) is 165 cm³/mol. The van der Waals surface area contributed by atoms with Crippen LogP contribution in [0.15, 0.2) is 54.9 Å². The summed E-state index contributed by atoms with van der Waals surface area (Å²) in [5.74, 6) is 2.05. The van der Waals surface area contributed by atoms with Gasteiger partial charge in [-0.25, -0.2) is 0 Å². The Hall–Kier alpha value is -4.95. The summed E-state index contributed by atoms with van der Waals surface area (Å²) in [5.41, 5.74) is 3.12. The van der Waals surface area contributed by atoms with Gasteiger partial charge in [0.05, 0.1) is 45.7 Å². The van der Waals surface area contributed by atoms with E-state index in [1.165, 1.54) is 0 Å². The second-order valence-electron chi connectivity index (χ2n) is 9.78. The lowest BCUT2D eigenvalue weighted by Gasteiger charge is -2.27. The molecule has 228 valence electrons. The zero-order chi connectivity index (χ0) is 30.3. The first-order valence-corrected chi connectivity index (χ1v) is 14.3. The van der Waals surface area contributed by atoms with Crippen molar-refractivity contribution < 1.29 is 18.9 Å². The summed E-state index contributed by atoms with van der Waals surface area (Å²) in [6.45, 7) is 3.83. The van der Waals surface area contributed by atoms with E-state index in [-0.39, 0.29) is 12.6 Å². The van der Waals surface area contributed by atoms with Crippen LogP contribution in [-0.2, 0) is 17.9 Å². The van der Waals surface area contributed by atoms with Crippen LogP contribution in [0, 0.1) is 0 Å². The molecule has 2 aromatic carbocycles. The number of anilines is 4. The van der Waals surface area contributed by atoms with Crippen LogP contribution in [0.4, 0.5) is 23.3 Å². The maximum atomic E-state index is 6.11. The minimum atomic E-state index is 0.127. The molecule has 1 aliphatic heterocycles. The van der Waals surface area contributed by atoms with Crippen molar-refractivity contribution in [3.8, 4) is 17.5 Å². The molecule has 15 heteroatoms. The Morgan fingerprint density at radius 1 is 0.977 bits per heavy atom. The molecule has 1 saturated heterocycles. The van der Waals surface area contributed by atoms with Crippen molar-refractivity contribution in [2.75, 3.05) is 62.6 Å². The third-order valence-corrected chi connectivity index (χ3v) is 7.04. The molecule has 0 amide bonds. The minimum absolute atomic E-state index is 0.127. The van der Waals surface area contributed by atoms with Crippen molar-refractivity contribution in [3.63, 3.8) is 0 Å². The molecule has 0 atom stereocenters. The highest BCUT2D eigenvalue weighted by atomic mass is 35.5. The molecule has 0 spiro atoms. The summed E-state index contributed by atoms with van der Waals surface area (Å²) < 4.78 is 24.0. The second-order valence-corrected chi connectivity index (χ2v) is 10.2. The van der Waals surface area contributed by atoms with E-state index in [2.05, 4.69) is 40.9 Å². The lowest BCUT2D eigenvalue weighted by Crippen LogP contribution is -2.37. The number of pyridine rings is 1. The molecule has 14 nitrogen and oxygen atoms in total. The fraction of sp³-hybridized carbons (Fsp3) is 0.310. The van der Waals surface area contributed by atoms with E-state index in [4.69, 9.17) is 30.5 Å². The molecule has 0 bridgehead atoms. The predicted octanol–water partition coefficient (Wildman–Crippen LogP) is 3.95. The van der Waals surface area contributed by atoms with Crippen LogP contribution in [-0.4, -0.2) is 82.0 Å². The molecular formula is C29H31ClN10O4. The van der Waals surface area contributed by atoms with Gasteiger partial charge in [0.2, 0.25) is 11.9 Å². The van der Waals surface area contributed by atoms with Crippen molar-refractivity contribution in [1.82, 2.24) is 34.9 Å². The quantitative estimate of drug-likeness (QED) is 0.208. The van der Waals surface area contributed by atoms with Crippen molar-refractivity contribution >= 4 is 45.8 Å².